The Morgan fingerprint density at radius 1 is 1.48 bits per heavy atom. The molecule has 1 aromatic carbocycles. The third-order valence-electron chi connectivity index (χ3n) is 2.18. The zero-order valence-corrected chi connectivity index (χ0v) is 11.4. The summed E-state index contributed by atoms with van der Waals surface area (Å²) in [4.78, 5) is 21.0. The third kappa shape index (κ3) is 3.48. The van der Waals surface area contributed by atoms with Crippen molar-refractivity contribution in [1.82, 2.24) is 10.2 Å². The molecule has 0 bridgehead atoms. The predicted molar refractivity (Wildman–Crippen MR) is 69.0 cm³/mol. The minimum atomic E-state index is -1.03. The SMILES string of the molecule is CCOC(=O)c1nnc(Oc2ccc([N+](=O)[O-])c(F)c2)s1. The molecule has 0 amide bonds. The number of nitrogens with zero attached hydrogens (tertiary/aromatic N) is 3. The Morgan fingerprint density at radius 3 is 2.86 bits per heavy atom. The van der Waals surface area contributed by atoms with Crippen LogP contribution in [0.3, 0.4) is 0 Å². The van der Waals surface area contributed by atoms with Crippen molar-refractivity contribution in [2.24, 2.45) is 0 Å². The molecule has 0 atom stereocenters. The molecule has 0 N–H and O–H groups in total. The number of carbonyl (C=O) groups is 1. The van der Waals surface area contributed by atoms with Crippen molar-refractivity contribution >= 4 is 23.0 Å². The van der Waals surface area contributed by atoms with Gasteiger partial charge in [-0.15, -0.1) is 5.10 Å². The lowest BCUT2D eigenvalue weighted by atomic mass is 10.3. The van der Waals surface area contributed by atoms with E-state index in [-0.39, 0.29) is 22.6 Å². The van der Waals surface area contributed by atoms with Gasteiger partial charge in [0.1, 0.15) is 5.75 Å². The van der Waals surface area contributed by atoms with Crippen molar-refractivity contribution in [3.05, 3.63) is 39.1 Å². The summed E-state index contributed by atoms with van der Waals surface area (Å²) in [5.41, 5.74) is -0.660. The van der Waals surface area contributed by atoms with E-state index in [0.29, 0.717) is 0 Å². The summed E-state index contributed by atoms with van der Waals surface area (Å²) in [7, 11) is 0. The maximum absolute atomic E-state index is 13.4. The van der Waals surface area contributed by atoms with E-state index in [2.05, 4.69) is 10.2 Å². The van der Waals surface area contributed by atoms with Gasteiger partial charge in [0.2, 0.25) is 10.8 Å². The minimum absolute atomic E-state index is 0.00431. The number of aromatic nitrogens is 2. The van der Waals surface area contributed by atoms with E-state index in [0.717, 1.165) is 23.5 Å². The van der Waals surface area contributed by atoms with E-state index in [4.69, 9.17) is 9.47 Å². The van der Waals surface area contributed by atoms with Crippen LogP contribution in [0.1, 0.15) is 16.7 Å². The van der Waals surface area contributed by atoms with Gasteiger partial charge in [0.25, 0.3) is 5.19 Å². The molecule has 0 aliphatic rings. The van der Waals surface area contributed by atoms with Crippen LogP contribution in [0.5, 0.6) is 10.9 Å². The lowest BCUT2D eigenvalue weighted by Gasteiger charge is -2.00. The summed E-state index contributed by atoms with van der Waals surface area (Å²) in [5.74, 6) is -1.67. The summed E-state index contributed by atoms with van der Waals surface area (Å²) in [6.45, 7) is 1.85. The van der Waals surface area contributed by atoms with Gasteiger partial charge in [-0.25, -0.2) is 4.79 Å². The number of hydrogen-bond acceptors (Lipinski definition) is 8. The molecule has 8 nitrogen and oxygen atoms in total. The summed E-state index contributed by atoms with van der Waals surface area (Å²) in [6, 6.07) is 3.04. The molecule has 21 heavy (non-hydrogen) atoms. The largest absolute Gasteiger partial charge is 0.461 e. The molecule has 0 unspecified atom stereocenters. The van der Waals surface area contributed by atoms with Gasteiger partial charge < -0.3 is 9.47 Å². The maximum atomic E-state index is 13.4. The number of esters is 1. The van der Waals surface area contributed by atoms with Crippen LogP contribution in [0.25, 0.3) is 0 Å². The molecule has 0 radical (unpaired) electrons. The fraction of sp³-hybridized carbons (Fsp3) is 0.182. The van der Waals surface area contributed by atoms with E-state index in [9.17, 15) is 19.3 Å². The quantitative estimate of drug-likeness (QED) is 0.474. The Balaban J connectivity index is 2.14. The summed E-state index contributed by atoms with van der Waals surface area (Å²) in [5, 5.41) is 17.6. The highest BCUT2D eigenvalue weighted by molar-refractivity contribution is 7.14. The fourth-order valence-electron chi connectivity index (χ4n) is 1.33. The molecule has 2 rings (SSSR count). The van der Waals surface area contributed by atoms with Gasteiger partial charge in [0.15, 0.2) is 0 Å². The van der Waals surface area contributed by atoms with E-state index < -0.39 is 22.4 Å². The molecule has 0 fully saturated rings. The van der Waals surface area contributed by atoms with Gasteiger partial charge in [-0.05, 0) is 24.3 Å². The van der Waals surface area contributed by atoms with Crippen LogP contribution in [0.15, 0.2) is 18.2 Å². The first-order valence-electron chi connectivity index (χ1n) is 5.63. The molecule has 1 aromatic heterocycles. The monoisotopic (exact) mass is 313 g/mol. The van der Waals surface area contributed by atoms with Gasteiger partial charge in [-0.1, -0.05) is 5.10 Å². The van der Waals surface area contributed by atoms with Gasteiger partial charge >= 0.3 is 11.7 Å². The molecule has 10 heteroatoms. The third-order valence-corrected chi connectivity index (χ3v) is 2.96. The molecule has 1 heterocycles. The zero-order chi connectivity index (χ0) is 15.4. The maximum Gasteiger partial charge on any atom is 0.369 e. The highest BCUT2D eigenvalue weighted by Crippen LogP contribution is 2.28. The van der Waals surface area contributed by atoms with Crippen LogP contribution in [-0.4, -0.2) is 27.7 Å². The molecular formula is C11H8FN3O5S. The Labute approximate surface area is 121 Å². The second-order valence-corrected chi connectivity index (χ2v) is 4.51. The molecule has 0 saturated carbocycles. The van der Waals surface area contributed by atoms with E-state index in [1.165, 1.54) is 6.07 Å². The van der Waals surface area contributed by atoms with E-state index in [1.54, 1.807) is 6.92 Å². The number of nitro benzene ring substituents is 1. The molecule has 0 aliphatic heterocycles. The first-order valence-corrected chi connectivity index (χ1v) is 6.45. The topological polar surface area (TPSA) is 104 Å². The van der Waals surface area contributed by atoms with Crippen molar-refractivity contribution in [2.45, 2.75) is 6.92 Å². The summed E-state index contributed by atoms with van der Waals surface area (Å²) in [6.07, 6.45) is 0. The number of ether oxygens (including phenoxy) is 2. The standard InChI is InChI=1S/C11H8FN3O5S/c1-2-19-10(16)9-13-14-11(21-9)20-6-3-4-8(15(17)18)7(12)5-6/h3-5H,2H2,1H3. The van der Waals surface area contributed by atoms with Crippen LogP contribution in [0.2, 0.25) is 0 Å². The average Bonchev–Trinajstić information content (AvgIpc) is 2.87. The smallest absolute Gasteiger partial charge is 0.369 e. The van der Waals surface area contributed by atoms with Gasteiger partial charge in [0.05, 0.1) is 11.5 Å². The van der Waals surface area contributed by atoms with E-state index in [1.807, 2.05) is 0 Å². The van der Waals surface area contributed by atoms with Gasteiger partial charge in [-0.2, -0.15) is 4.39 Å². The zero-order valence-electron chi connectivity index (χ0n) is 10.6. The van der Waals surface area contributed by atoms with Gasteiger partial charge in [-0.3, -0.25) is 10.1 Å². The van der Waals surface area contributed by atoms with E-state index >= 15 is 0 Å². The molecule has 0 aliphatic carbocycles. The molecule has 110 valence electrons. The van der Waals surface area contributed by atoms with Crippen molar-refractivity contribution < 1.29 is 23.6 Å². The lowest BCUT2D eigenvalue weighted by molar-refractivity contribution is -0.387. The van der Waals surface area contributed by atoms with Crippen LogP contribution < -0.4 is 4.74 Å². The summed E-state index contributed by atoms with van der Waals surface area (Å²) < 4.78 is 23.3. The Morgan fingerprint density at radius 2 is 2.24 bits per heavy atom. The molecular weight excluding hydrogens is 305 g/mol. The number of carbonyl (C=O) groups excluding carboxylic acids is 1. The second kappa shape index (κ2) is 6.22. The highest BCUT2D eigenvalue weighted by Gasteiger charge is 2.17. The molecule has 2 aromatic rings. The number of rotatable bonds is 5. The number of hydrogen-bond donors (Lipinski definition) is 0. The predicted octanol–water partition coefficient (Wildman–Crippen LogP) is 2.55. The van der Waals surface area contributed by atoms with Crippen molar-refractivity contribution in [3.63, 3.8) is 0 Å². The van der Waals surface area contributed by atoms with Crippen LogP contribution >= 0.6 is 11.3 Å². The highest BCUT2D eigenvalue weighted by atomic mass is 32.1. The van der Waals surface area contributed by atoms with Gasteiger partial charge in [0, 0.05) is 12.1 Å². The summed E-state index contributed by atoms with van der Waals surface area (Å²) >= 11 is 0.817. The Kier molecular flexibility index (Phi) is 4.38. The number of nitro groups is 1. The molecule has 0 spiro atoms. The Hall–Kier alpha value is -2.62. The first-order chi connectivity index (χ1) is 10.0. The van der Waals surface area contributed by atoms with Crippen molar-refractivity contribution in [2.75, 3.05) is 6.61 Å². The van der Waals surface area contributed by atoms with Crippen molar-refractivity contribution in [1.29, 1.82) is 0 Å². The average molecular weight is 313 g/mol. The number of halogens is 1. The Bertz CT molecular complexity index is 690. The number of benzene rings is 1. The van der Waals surface area contributed by atoms with Crippen LogP contribution in [0, 0.1) is 15.9 Å². The normalized spacial score (nSPS) is 10.2. The van der Waals surface area contributed by atoms with Crippen molar-refractivity contribution in [3.8, 4) is 10.9 Å². The minimum Gasteiger partial charge on any atom is -0.461 e. The molecule has 0 saturated heterocycles. The van der Waals surface area contributed by atoms with Crippen LogP contribution in [0.4, 0.5) is 10.1 Å². The first kappa shape index (κ1) is 14.8. The second-order valence-electron chi connectivity index (χ2n) is 3.57. The fourth-order valence-corrected chi connectivity index (χ4v) is 1.94. The lowest BCUT2D eigenvalue weighted by Crippen LogP contribution is -2.03. The van der Waals surface area contributed by atoms with Crippen LogP contribution in [-0.2, 0) is 4.74 Å².